The van der Waals surface area contributed by atoms with Crippen LogP contribution in [0.3, 0.4) is 0 Å². The Kier molecular flexibility index (Phi) is 3.73. The Morgan fingerprint density at radius 3 is 2.60 bits per heavy atom. The lowest BCUT2D eigenvalue weighted by Crippen LogP contribution is -2.34. The number of carbonyl (C=O) groups excluding carboxylic acids is 2. The van der Waals surface area contributed by atoms with Crippen LogP contribution in [0.5, 0.6) is 0 Å². The number of anilines is 1. The molecule has 0 spiro atoms. The zero-order valence-corrected chi connectivity index (χ0v) is 10.4. The van der Waals surface area contributed by atoms with Crippen molar-refractivity contribution in [3.05, 3.63) is 29.6 Å². The van der Waals surface area contributed by atoms with Gasteiger partial charge in [0.05, 0.1) is 5.69 Å². The Morgan fingerprint density at radius 1 is 1.25 bits per heavy atom. The molecule has 0 bridgehead atoms. The number of rotatable bonds is 2. The van der Waals surface area contributed by atoms with E-state index in [-0.39, 0.29) is 24.5 Å². The Balaban J connectivity index is 2.19. The van der Waals surface area contributed by atoms with Crippen molar-refractivity contribution in [2.24, 2.45) is 5.10 Å². The van der Waals surface area contributed by atoms with Crippen molar-refractivity contribution in [3.63, 3.8) is 0 Å². The molecule has 1 aliphatic rings. The molecule has 0 fully saturated rings. The highest BCUT2D eigenvalue weighted by atomic mass is 19.2. The van der Waals surface area contributed by atoms with E-state index in [1.165, 1.54) is 7.05 Å². The van der Waals surface area contributed by atoms with Crippen molar-refractivity contribution in [2.45, 2.75) is 12.8 Å². The van der Waals surface area contributed by atoms with Crippen molar-refractivity contribution >= 4 is 23.2 Å². The summed E-state index contributed by atoms with van der Waals surface area (Å²) < 4.78 is 39.2. The van der Waals surface area contributed by atoms with E-state index in [4.69, 9.17) is 0 Å². The molecule has 2 amide bonds. The number of hydrogen-bond acceptors (Lipinski definition) is 3. The maximum Gasteiger partial charge on any atom is 0.271 e. The lowest BCUT2D eigenvalue weighted by Gasteiger charge is -2.19. The van der Waals surface area contributed by atoms with Gasteiger partial charge in [-0.2, -0.15) is 5.10 Å². The molecule has 5 nitrogen and oxygen atoms in total. The first-order valence-corrected chi connectivity index (χ1v) is 5.69. The summed E-state index contributed by atoms with van der Waals surface area (Å²) in [6, 6.07) is 1.61. The van der Waals surface area contributed by atoms with Crippen LogP contribution >= 0.6 is 0 Å². The molecular weight excluding hydrogens is 275 g/mol. The number of amides is 2. The lowest BCUT2D eigenvalue weighted by molar-refractivity contribution is -0.130. The van der Waals surface area contributed by atoms with E-state index in [2.05, 4.69) is 10.4 Å². The zero-order valence-electron chi connectivity index (χ0n) is 10.4. The SMILES string of the molecule is CN1N=C(C(=O)Nc2ccc(F)c(F)c2F)CCC1=O. The summed E-state index contributed by atoms with van der Waals surface area (Å²) in [7, 11) is 1.38. The number of hydrogen-bond donors (Lipinski definition) is 1. The molecule has 1 N–H and O–H groups in total. The highest BCUT2D eigenvalue weighted by Crippen LogP contribution is 2.20. The van der Waals surface area contributed by atoms with Gasteiger partial charge in [0.15, 0.2) is 17.5 Å². The van der Waals surface area contributed by atoms with Gasteiger partial charge in [-0.05, 0) is 12.1 Å². The van der Waals surface area contributed by atoms with Gasteiger partial charge in [0.1, 0.15) is 5.71 Å². The topological polar surface area (TPSA) is 61.8 Å². The minimum Gasteiger partial charge on any atom is -0.318 e. The first kappa shape index (κ1) is 14.0. The van der Waals surface area contributed by atoms with Crippen molar-refractivity contribution in [2.75, 3.05) is 12.4 Å². The molecule has 106 valence electrons. The van der Waals surface area contributed by atoms with Crippen molar-refractivity contribution in [1.82, 2.24) is 5.01 Å². The van der Waals surface area contributed by atoms with E-state index < -0.39 is 29.0 Å². The van der Waals surface area contributed by atoms with Crippen molar-refractivity contribution < 1.29 is 22.8 Å². The van der Waals surface area contributed by atoms with Crippen LogP contribution in [-0.4, -0.2) is 29.6 Å². The minimum atomic E-state index is -1.67. The van der Waals surface area contributed by atoms with Crippen molar-refractivity contribution in [1.29, 1.82) is 0 Å². The average Bonchev–Trinajstić information content (AvgIpc) is 2.42. The van der Waals surface area contributed by atoms with E-state index in [0.29, 0.717) is 6.07 Å². The summed E-state index contributed by atoms with van der Waals surface area (Å²) in [5, 5.41) is 6.82. The highest BCUT2D eigenvalue weighted by Gasteiger charge is 2.23. The smallest absolute Gasteiger partial charge is 0.271 e. The number of carbonyl (C=O) groups is 2. The van der Waals surface area contributed by atoms with Gasteiger partial charge in [-0.15, -0.1) is 0 Å². The number of benzene rings is 1. The van der Waals surface area contributed by atoms with Gasteiger partial charge in [0, 0.05) is 19.9 Å². The summed E-state index contributed by atoms with van der Waals surface area (Å²) in [6.45, 7) is 0. The number of halogens is 3. The maximum absolute atomic E-state index is 13.4. The molecule has 0 radical (unpaired) electrons. The summed E-state index contributed by atoms with van der Waals surface area (Å²) in [4.78, 5) is 23.0. The maximum atomic E-state index is 13.4. The Bertz CT molecular complexity index is 616. The minimum absolute atomic E-state index is 0.0104. The van der Waals surface area contributed by atoms with E-state index in [9.17, 15) is 22.8 Å². The van der Waals surface area contributed by atoms with Crippen LogP contribution < -0.4 is 5.32 Å². The fraction of sp³-hybridized carbons (Fsp3) is 0.250. The van der Waals surface area contributed by atoms with Gasteiger partial charge < -0.3 is 5.32 Å². The van der Waals surface area contributed by atoms with E-state index in [1.807, 2.05) is 0 Å². The third-order valence-electron chi connectivity index (χ3n) is 2.75. The molecular formula is C12H10F3N3O2. The van der Waals surface area contributed by atoms with E-state index in [0.717, 1.165) is 11.1 Å². The third kappa shape index (κ3) is 2.63. The number of hydrazone groups is 1. The predicted molar refractivity (Wildman–Crippen MR) is 64.4 cm³/mol. The number of nitrogens with zero attached hydrogens (tertiary/aromatic N) is 2. The molecule has 8 heteroatoms. The summed E-state index contributed by atoms with van der Waals surface area (Å²) in [5.74, 6) is -5.52. The van der Waals surface area contributed by atoms with Crippen LogP contribution in [0.1, 0.15) is 12.8 Å². The normalized spacial score (nSPS) is 15.1. The zero-order chi connectivity index (χ0) is 14.9. The molecule has 0 saturated carbocycles. The van der Waals surface area contributed by atoms with Crippen LogP contribution in [0.15, 0.2) is 17.2 Å². The molecule has 2 rings (SSSR count). The standard InChI is InChI=1S/C12H10F3N3O2/c1-18-9(19)5-4-8(17-18)12(20)16-7-3-2-6(13)10(14)11(7)15/h2-3H,4-5H2,1H3,(H,16,20). The third-order valence-corrected chi connectivity index (χ3v) is 2.75. The second-order valence-corrected chi connectivity index (χ2v) is 4.14. The summed E-state index contributed by atoms with van der Waals surface area (Å²) in [5.41, 5.74) is -0.479. The van der Waals surface area contributed by atoms with E-state index >= 15 is 0 Å². The van der Waals surface area contributed by atoms with Gasteiger partial charge in [-0.1, -0.05) is 0 Å². The predicted octanol–water partition coefficient (Wildman–Crippen LogP) is 1.65. The molecule has 20 heavy (non-hydrogen) atoms. The molecule has 1 aliphatic heterocycles. The Labute approximate surface area is 112 Å². The van der Waals surface area contributed by atoms with Gasteiger partial charge in [-0.3, -0.25) is 9.59 Å². The molecule has 0 aromatic heterocycles. The summed E-state index contributed by atoms with van der Waals surface area (Å²) >= 11 is 0. The average molecular weight is 285 g/mol. The monoisotopic (exact) mass is 285 g/mol. The summed E-state index contributed by atoms with van der Waals surface area (Å²) in [6.07, 6.45) is 0.198. The molecule has 0 unspecified atom stereocenters. The quantitative estimate of drug-likeness (QED) is 0.840. The van der Waals surface area contributed by atoms with Crippen LogP contribution in [-0.2, 0) is 9.59 Å². The molecule has 1 aromatic rings. The first-order chi connectivity index (χ1) is 9.40. The van der Waals surface area contributed by atoms with Gasteiger partial charge in [-0.25, -0.2) is 18.2 Å². The lowest BCUT2D eigenvalue weighted by atomic mass is 10.1. The van der Waals surface area contributed by atoms with Crippen LogP contribution in [0.4, 0.5) is 18.9 Å². The van der Waals surface area contributed by atoms with E-state index in [1.54, 1.807) is 0 Å². The largest absolute Gasteiger partial charge is 0.318 e. The second-order valence-electron chi connectivity index (χ2n) is 4.14. The van der Waals surface area contributed by atoms with Crippen LogP contribution in [0, 0.1) is 17.5 Å². The molecule has 1 aromatic carbocycles. The first-order valence-electron chi connectivity index (χ1n) is 5.69. The Morgan fingerprint density at radius 2 is 1.95 bits per heavy atom. The van der Waals surface area contributed by atoms with Gasteiger partial charge >= 0.3 is 0 Å². The van der Waals surface area contributed by atoms with Gasteiger partial charge in [0.2, 0.25) is 5.91 Å². The fourth-order valence-corrected chi connectivity index (χ4v) is 1.65. The fourth-order valence-electron chi connectivity index (χ4n) is 1.65. The van der Waals surface area contributed by atoms with Crippen LogP contribution in [0.2, 0.25) is 0 Å². The molecule has 0 aliphatic carbocycles. The Hall–Kier alpha value is -2.38. The van der Waals surface area contributed by atoms with Crippen LogP contribution in [0.25, 0.3) is 0 Å². The number of nitrogens with one attached hydrogen (secondary N) is 1. The molecule has 0 atom stereocenters. The van der Waals surface area contributed by atoms with Crippen molar-refractivity contribution in [3.8, 4) is 0 Å². The molecule has 0 saturated heterocycles. The second kappa shape index (κ2) is 5.32. The highest BCUT2D eigenvalue weighted by molar-refractivity contribution is 6.43. The molecule has 1 heterocycles. The van der Waals surface area contributed by atoms with Gasteiger partial charge in [0.25, 0.3) is 5.91 Å².